The number of carboxylic acids is 1. The van der Waals surface area contributed by atoms with Gasteiger partial charge in [-0.15, -0.1) is 11.3 Å². The van der Waals surface area contributed by atoms with Gasteiger partial charge < -0.3 is 20.7 Å². The highest BCUT2D eigenvalue weighted by molar-refractivity contribution is 7.89. The first kappa shape index (κ1) is 35.1. The first-order valence-corrected chi connectivity index (χ1v) is 17.1. The third-order valence-electron chi connectivity index (χ3n) is 7.87. The lowest BCUT2D eigenvalue weighted by atomic mass is 9.88. The van der Waals surface area contributed by atoms with Crippen LogP contribution in [0.15, 0.2) is 54.2 Å². The van der Waals surface area contributed by atoms with Gasteiger partial charge in [0.25, 0.3) is 5.91 Å². The molecule has 4 N–H and O–H groups in total. The van der Waals surface area contributed by atoms with E-state index >= 15 is 0 Å². The molecule has 10 nitrogen and oxygen atoms in total. The van der Waals surface area contributed by atoms with Crippen LogP contribution in [0.5, 0.6) is 0 Å². The number of carbonyl (C=O) groups excluding carboxylic acids is 1. The Morgan fingerprint density at radius 3 is 2.46 bits per heavy atom. The molecular formula is C31H36F3N5O5S2. The van der Waals surface area contributed by atoms with Crippen molar-refractivity contribution in [1.29, 1.82) is 0 Å². The molecule has 5 rings (SSSR count). The minimum atomic E-state index is -5.08. The number of sulfonamides is 1. The van der Waals surface area contributed by atoms with Crippen LogP contribution in [-0.2, 0) is 27.8 Å². The van der Waals surface area contributed by atoms with E-state index in [0.29, 0.717) is 18.7 Å². The molecule has 0 saturated carbocycles. The molecule has 3 aromatic heterocycles. The van der Waals surface area contributed by atoms with Gasteiger partial charge in [0.15, 0.2) is 0 Å². The fraction of sp³-hybridized carbons (Fsp3) is 0.387. The van der Waals surface area contributed by atoms with E-state index in [-0.39, 0.29) is 11.7 Å². The Balaban J connectivity index is 0.000000617. The number of nitrogens with zero attached hydrogens (tertiary/aromatic N) is 3. The third kappa shape index (κ3) is 8.72. The second-order valence-corrected chi connectivity index (χ2v) is 14.3. The van der Waals surface area contributed by atoms with Crippen molar-refractivity contribution < 1.29 is 36.3 Å². The smallest absolute Gasteiger partial charge is 0.475 e. The number of rotatable bonds is 10. The summed E-state index contributed by atoms with van der Waals surface area (Å²) in [6, 6.07) is 12.2. The number of alkyl halides is 3. The summed E-state index contributed by atoms with van der Waals surface area (Å²) >= 11 is 1.71. The first-order valence-electron chi connectivity index (χ1n) is 14.6. The number of aromatic amines is 1. The molecule has 1 aliphatic rings. The molecule has 0 bridgehead atoms. The lowest BCUT2D eigenvalue weighted by Crippen LogP contribution is -2.38. The molecule has 248 valence electrons. The van der Waals surface area contributed by atoms with Crippen molar-refractivity contribution in [2.24, 2.45) is 5.73 Å². The third-order valence-corrected chi connectivity index (χ3v) is 10.7. The second-order valence-electron chi connectivity index (χ2n) is 11.0. The van der Waals surface area contributed by atoms with E-state index in [1.807, 2.05) is 30.6 Å². The van der Waals surface area contributed by atoms with Gasteiger partial charge in [-0.3, -0.25) is 9.78 Å². The Bertz CT molecular complexity index is 1770. The number of amides is 1. The Hall–Kier alpha value is -3.79. The molecule has 0 atom stereocenters. The summed E-state index contributed by atoms with van der Waals surface area (Å²) in [5.74, 6) is -2.89. The molecule has 4 heterocycles. The predicted molar refractivity (Wildman–Crippen MR) is 171 cm³/mol. The van der Waals surface area contributed by atoms with Crippen molar-refractivity contribution in [2.75, 3.05) is 32.4 Å². The molecule has 1 aliphatic heterocycles. The van der Waals surface area contributed by atoms with E-state index in [9.17, 15) is 26.4 Å². The summed E-state index contributed by atoms with van der Waals surface area (Å²) in [5, 5.41) is 10.2. The molecule has 0 aliphatic carbocycles. The van der Waals surface area contributed by atoms with Gasteiger partial charge in [-0.2, -0.15) is 13.2 Å². The Morgan fingerprint density at radius 1 is 1.17 bits per heavy atom. The number of aromatic nitrogens is 2. The minimum Gasteiger partial charge on any atom is -0.475 e. The highest BCUT2D eigenvalue weighted by Crippen LogP contribution is 2.38. The van der Waals surface area contributed by atoms with Crippen LogP contribution in [-0.4, -0.2) is 83.2 Å². The van der Waals surface area contributed by atoms with Crippen molar-refractivity contribution in [3.8, 4) is 11.1 Å². The highest BCUT2D eigenvalue weighted by Gasteiger charge is 2.38. The number of nitrogens with one attached hydrogen (secondary N) is 1. The van der Waals surface area contributed by atoms with E-state index < -0.39 is 28.1 Å². The summed E-state index contributed by atoms with van der Waals surface area (Å²) in [5.41, 5.74) is 11.3. The van der Waals surface area contributed by atoms with Crippen LogP contribution in [0.25, 0.3) is 22.0 Å². The summed E-state index contributed by atoms with van der Waals surface area (Å²) < 4.78 is 58.0. The minimum absolute atomic E-state index is 0.124. The van der Waals surface area contributed by atoms with E-state index in [2.05, 4.69) is 45.5 Å². The molecule has 0 spiro atoms. The van der Waals surface area contributed by atoms with Crippen LogP contribution < -0.4 is 5.73 Å². The molecule has 4 aromatic rings. The number of fused-ring (bicyclic) bond motifs is 1. The van der Waals surface area contributed by atoms with Gasteiger partial charge in [-0.05, 0) is 85.1 Å². The molecule has 1 fully saturated rings. The summed E-state index contributed by atoms with van der Waals surface area (Å²) in [6.07, 6.45) is 1.10. The van der Waals surface area contributed by atoms with E-state index in [0.717, 1.165) is 65.6 Å². The Labute approximate surface area is 269 Å². The maximum absolute atomic E-state index is 12.4. The van der Waals surface area contributed by atoms with Crippen LogP contribution in [0.4, 0.5) is 13.2 Å². The zero-order valence-electron chi connectivity index (χ0n) is 25.4. The molecule has 1 amide bonds. The van der Waals surface area contributed by atoms with Crippen LogP contribution >= 0.6 is 11.3 Å². The van der Waals surface area contributed by atoms with Crippen molar-refractivity contribution in [3.05, 3.63) is 75.9 Å². The average molecular weight is 680 g/mol. The Morgan fingerprint density at radius 2 is 1.87 bits per heavy atom. The van der Waals surface area contributed by atoms with E-state index in [1.165, 1.54) is 4.88 Å². The number of H-pyrrole nitrogens is 1. The number of pyridine rings is 1. The summed E-state index contributed by atoms with van der Waals surface area (Å²) in [4.78, 5) is 32.6. The number of carboxylic acid groups (broad SMARTS) is 1. The molecular weight excluding hydrogens is 643 g/mol. The van der Waals surface area contributed by atoms with Gasteiger partial charge in [-0.25, -0.2) is 17.5 Å². The molecule has 46 heavy (non-hydrogen) atoms. The largest absolute Gasteiger partial charge is 0.490 e. The van der Waals surface area contributed by atoms with Gasteiger partial charge in [0.05, 0.1) is 16.8 Å². The number of hydrogen-bond donors (Lipinski definition) is 3. The Kier molecular flexibility index (Phi) is 11.2. The fourth-order valence-electron chi connectivity index (χ4n) is 5.39. The van der Waals surface area contributed by atoms with Crippen molar-refractivity contribution in [2.45, 2.75) is 44.8 Å². The average Bonchev–Trinajstić information content (AvgIpc) is 3.67. The number of benzene rings is 1. The van der Waals surface area contributed by atoms with Crippen LogP contribution in [0.3, 0.4) is 0 Å². The number of nitrogens with two attached hydrogens (primary N) is 1. The molecule has 1 aromatic carbocycles. The summed E-state index contributed by atoms with van der Waals surface area (Å²) in [7, 11) is -1.07. The van der Waals surface area contributed by atoms with Crippen molar-refractivity contribution in [1.82, 2.24) is 19.2 Å². The highest BCUT2D eigenvalue weighted by atomic mass is 32.2. The quantitative estimate of drug-likeness (QED) is 0.208. The van der Waals surface area contributed by atoms with Gasteiger partial charge >= 0.3 is 12.1 Å². The van der Waals surface area contributed by atoms with Crippen LogP contribution in [0.2, 0.25) is 0 Å². The zero-order chi connectivity index (χ0) is 33.6. The number of halogens is 3. The second kappa shape index (κ2) is 14.8. The predicted octanol–water partition coefficient (Wildman–Crippen LogP) is 5.23. The van der Waals surface area contributed by atoms with Gasteiger partial charge in [0, 0.05) is 61.0 Å². The monoisotopic (exact) mass is 679 g/mol. The zero-order valence-corrected chi connectivity index (χ0v) is 27.0. The maximum atomic E-state index is 12.4. The number of likely N-dealkylation sites (N-methyl/N-ethyl adjacent to an activating group) is 1. The topological polar surface area (TPSA) is 150 Å². The number of primary amides is 1. The maximum Gasteiger partial charge on any atom is 0.490 e. The molecule has 15 heteroatoms. The SMILES string of the molecule is CCS(=O)(=O)N1CCC(c2c[nH]c3c(C(N)=O)cc(-c4csc(CN(C)CCc5ccccn5)c4)cc23)CC1.O=C(O)C(F)(F)F. The fourth-order valence-corrected chi connectivity index (χ4v) is 7.50. The molecule has 1 saturated heterocycles. The van der Waals surface area contributed by atoms with Gasteiger partial charge in [0.2, 0.25) is 10.0 Å². The van der Waals surface area contributed by atoms with Crippen LogP contribution in [0, 0.1) is 0 Å². The van der Waals surface area contributed by atoms with Crippen molar-refractivity contribution >= 4 is 44.1 Å². The standard InChI is InChI=1S/C29H35N5O3S2.C2HF3O2/c1-3-39(36,37)34-12-7-20(8-13-34)27-17-32-28-25(27)15-21(16-26(28)29(30)35)22-14-24(38-19-22)18-33(2)11-9-23-6-4-5-10-31-23;3-2(4,5)1(6)7/h4-6,10,14-17,19-20,32H,3,7-9,11-13,18H2,1-2H3,(H2,30,35);(H,6,7). The van der Waals surface area contributed by atoms with Gasteiger partial charge in [0.1, 0.15) is 0 Å². The normalized spacial score (nSPS) is 14.7. The van der Waals surface area contributed by atoms with Gasteiger partial charge in [-0.1, -0.05) is 6.07 Å². The van der Waals surface area contributed by atoms with E-state index in [4.69, 9.17) is 15.6 Å². The summed E-state index contributed by atoms with van der Waals surface area (Å²) in [6.45, 7) is 4.45. The number of carbonyl (C=O) groups is 2. The lowest BCUT2D eigenvalue weighted by molar-refractivity contribution is -0.192. The lowest BCUT2D eigenvalue weighted by Gasteiger charge is -2.31. The number of thiophene rings is 1. The van der Waals surface area contributed by atoms with E-state index in [1.54, 1.807) is 22.6 Å². The number of hydrogen-bond acceptors (Lipinski definition) is 7. The van der Waals surface area contributed by atoms with Crippen LogP contribution in [0.1, 0.15) is 52.2 Å². The van der Waals surface area contributed by atoms with Crippen molar-refractivity contribution in [3.63, 3.8) is 0 Å². The first-order chi connectivity index (χ1) is 21.7. The molecule has 0 radical (unpaired) electrons. The number of aliphatic carboxylic acids is 1. The molecule has 0 unspecified atom stereocenters. The number of piperidine rings is 1.